The van der Waals surface area contributed by atoms with Crippen molar-refractivity contribution < 1.29 is 4.74 Å². The molecule has 2 rings (SSSR count). The number of rotatable bonds is 3. The van der Waals surface area contributed by atoms with Gasteiger partial charge in [-0.3, -0.25) is 4.98 Å². The van der Waals surface area contributed by atoms with E-state index in [2.05, 4.69) is 4.98 Å². The summed E-state index contributed by atoms with van der Waals surface area (Å²) in [6.07, 6.45) is 5.98. The standard InChI is InChI=1S/C11H16N2OS/c12-7-9-1-4-13-8-11(9)15-10-2-5-14-6-3-10/h1,4,8,10H,2-3,5-7,12H2. The molecule has 3 nitrogen and oxygen atoms in total. The van der Waals surface area contributed by atoms with Crippen molar-refractivity contribution in [3.63, 3.8) is 0 Å². The van der Waals surface area contributed by atoms with Crippen LogP contribution in [0.3, 0.4) is 0 Å². The first-order valence-corrected chi connectivity index (χ1v) is 6.15. The number of hydrogen-bond acceptors (Lipinski definition) is 4. The van der Waals surface area contributed by atoms with E-state index in [0.29, 0.717) is 11.8 Å². The Morgan fingerprint density at radius 3 is 3.00 bits per heavy atom. The third-order valence-electron chi connectivity index (χ3n) is 2.55. The van der Waals surface area contributed by atoms with E-state index in [1.54, 1.807) is 6.20 Å². The molecule has 2 heterocycles. The minimum atomic E-state index is 0.591. The first-order valence-electron chi connectivity index (χ1n) is 5.27. The summed E-state index contributed by atoms with van der Waals surface area (Å²) in [5.74, 6) is 0. The summed E-state index contributed by atoms with van der Waals surface area (Å²) in [7, 11) is 0. The van der Waals surface area contributed by atoms with Crippen molar-refractivity contribution in [1.29, 1.82) is 0 Å². The first-order chi connectivity index (χ1) is 7.40. The lowest BCUT2D eigenvalue weighted by Gasteiger charge is -2.22. The fraction of sp³-hybridized carbons (Fsp3) is 0.545. The molecule has 1 aliphatic heterocycles. The molecule has 0 unspecified atom stereocenters. The summed E-state index contributed by atoms with van der Waals surface area (Å²) in [5, 5.41) is 0.660. The molecule has 0 spiro atoms. The molecule has 0 amide bonds. The van der Waals surface area contributed by atoms with Crippen LogP contribution in [0.25, 0.3) is 0 Å². The van der Waals surface area contributed by atoms with E-state index in [4.69, 9.17) is 10.5 Å². The lowest BCUT2D eigenvalue weighted by molar-refractivity contribution is 0.1000. The van der Waals surface area contributed by atoms with E-state index in [1.807, 2.05) is 24.0 Å². The predicted octanol–water partition coefficient (Wildman–Crippen LogP) is 1.81. The van der Waals surface area contributed by atoms with Crippen LogP contribution in [0.1, 0.15) is 18.4 Å². The summed E-state index contributed by atoms with van der Waals surface area (Å²) >= 11 is 1.89. The van der Waals surface area contributed by atoms with Gasteiger partial charge in [0, 0.05) is 42.3 Å². The summed E-state index contributed by atoms with van der Waals surface area (Å²) in [6.45, 7) is 2.36. The summed E-state index contributed by atoms with van der Waals surface area (Å²) in [6, 6.07) is 2.00. The van der Waals surface area contributed by atoms with Gasteiger partial charge in [-0.1, -0.05) is 0 Å². The van der Waals surface area contributed by atoms with E-state index in [9.17, 15) is 0 Å². The number of ether oxygens (including phenoxy) is 1. The van der Waals surface area contributed by atoms with E-state index < -0.39 is 0 Å². The van der Waals surface area contributed by atoms with Gasteiger partial charge in [0.2, 0.25) is 0 Å². The lowest BCUT2D eigenvalue weighted by Crippen LogP contribution is -2.17. The Labute approximate surface area is 94.4 Å². The summed E-state index contributed by atoms with van der Waals surface area (Å²) in [5.41, 5.74) is 6.89. The van der Waals surface area contributed by atoms with Gasteiger partial charge in [0.1, 0.15) is 0 Å². The third kappa shape index (κ3) is 2.93. The SMILES string of the molecule is NCc1ccncc1SC1CCOCC1. The largest absolute Gasteiger partial charge is 0.381 e. The lowest BCUT2D eigenvalue weighted by atomic mass is 10.2. The Kier molecular flexibility index (Phi) is 4.00. The zero-order valence-electron chi connectivity index (χ0n) is 8.69. The smallest absolute Gasteiger partial charge is 0.0476 e. The summed E-state index contributed by atoms with van der Waals surface area (Å²) < 4.78 is 5.34. The Bertz CT molecular complexity index is 313. The molecule has 0 atom stereocenters. The molecule has 0 aromatic carbocycles. The van der Waals surface area contributed by atoms with Crippen molar-refractivity contribution in [3.05, 3.63) is 24.0 Å². The van der Waals surface area contributed by atoms with Crippen molar-refractivity contribution in [2.24, 2.45) is 5.73 Å². The number of nitrogens with two attached hydrogens (primary N) is 1. The highest BCUT2D eigenvalue weighted by Crippen LogP contribution is 2.31. The van der Waals surface area contributed by atoms with Gasteiger partial charge in [0.05, 0.1) is 0 Å². The van der Waals surface area contributed by atoms with Crippen molar-refractivity contribution >= 4 is 11.8 Å². The number of thioether (sulfide) groups is 1. The molecule has 2 N–H and O–H groups in total. The average Bonchev–Trinajstić information content (AvgIpc) is 2.31. The quantitative estimate of drug-likeness (QED) is 0.850. The van der Waals surface area contributed by atoms with Crippen LogP contribution in [0.4, 0.5) is 0 Å². The molecule has 0 radical (unpaired) electrons. The highest BCUT2D eigenvalue weighted by Gasteiger charge is 2.16. The Hall–Kier alpha value is -0.580. The van der Waals surface area contributed by atoms with E-state index in [1.165, 1.54) is 10.5 Å². The molecular weight excluding hydrogens is 208 g/mol. The van der Waals surface area contributed by atoms with Crippen molar-refractivity contribution in [3.8, 4) is 0 Å². The fourth-order valence-corrected chi connectivity index (χ4v) is 2.87. The first kappa shape index (κ1) is 10.9. The van der Waals surface area contributed by atoms with Crippen LogP contribution in [0.2, 0.25) is 0 Å². The third-order valence-corrected chi connectivity index (χ3v) is 3.98. The molecule has 1 aliphatic rings. The molecule has 0 bridgehead atoms. The van der Waals surface area contributed by atoms with Crippen LogP contribution in [0, 0.1) is 0 Å². The van der Waals surface area contributed by atoms with Gasteiger partial charge in [-0.2, -0.15) is 0 Å². The second-order valence-electron chi connectivity index (χ2n) is 3.62. The second-order valence-corrected chi connectivity index (χ2v) is 4.96. The van der Waals surface area contributed by atoms with Crippen LogP contribution >= 0.6 is 11.8 Å². The van der Waals surface area contributed by atoms with Gasteiger partial charge in [-0.25, -0.2) is 0 Å². The molecule has 1 fully saturated rings. The van der Waals surface area contributed by atoms with E-state index in [0.717, 1.165) is 26.1 Å². The zero-order chi connectivity index (χ0) is 10.5. The number of pyridine rings is 1. The van der Waals surface area contributed by atoms with Gasteiger partial charge >= 0.3 is 0 Å². The average molecular weight is 224 g/mol. The molecule has 0 saturated carbocycles. The molecular formula is C11H16N2OS. The van der Waals surface area contributed by atoms with Crippen LogP contribution < -0.4 is 5.73 Å². The van der Waals surface area contributed by atoms with Crippen LogP contribution in [-0.2, 0) is 11.3 Å². The molecule has 15 heavy (non-hydrogen) atoms. The molecule has 82 valence electrons. The molecule has 1 aromatic heterocycles. The van der Waals surface area contributed by atoms with Crippen LogP contribution in [0.15, 0.2) is 23.4 Å². The van der Waals surface area contributed by atoms with E-state index in [-0.39, 0.29) is 0 Å². The van der Waals surface area contributed by atoms with Crippen molar-refractivity contribution in [1.82, 2.24) is 4.98 Å². The van der Waals surface area contributed by atoms with Gasteiger partial charge in [0.15, 0.2) is 0 Å². The number of nitrogens with zero attached hydrogens (tertiary/aromatic N) is 1. The predicted molar refractivity (Wildman–Crippen MR) is 61.8 cm³/mol. The zero-order valence-corrected chi connectivity index (χ0v) is 9.50. The molecule has 0 aliphatic carbocycles. The molecule has 4 heteroatoms. The minimum Gasteiger partial charge on any atom is -0.381 e. The van der Waals surface area contributed by atoms with Crippen LogP contribution in [0.5, 0.6) is 0 Å². The highest BCUT2D eigenvalue weighted by molar-refractivity contribution is 8.00. The van der Waals surface area contributed by atoms with Crippen LogP contribution in [-0.4, -0.2) is 23.4 Å². The van der Waals surface area contributed by atoms with Gasteiger partial charge in [0.25, 0.3) is 0 Å². The number of hydrogen-bond donors (Lipinski definition) is 1. The second kappa shape index (κ2) is 5.49. The molecule has 1 saturated heterocycles. The minimum absolute atomic E-state index is 0.591. The van der Waals surface area contributed by atoms with Crippen molar-refractivity contribution in [2.75, 3.05) is 13.2 Å². The maximum absolute atomic E-state index is 5.69. The maximum atomic E-state index is 5.69. The topological polar surface area (TPSA) is 48.1 Å². The monoisotopic (exact) mass is 224 g/mol. The van der Waals surface area contributed by atoms with Crippen molar-refractivity contribution in [2.45, 2.75) is 29.5 Å². The Balaban J connectivity index is 2.02. The highest BCUT2D eigenvalue weighted by atomic mass is 32.2. The Morgan fingerprint density at radius 1 is 1.47 bits per heavy atom. The normalized spacial score (nSPS) is 17.9. The summed E-state index contributed by atoms with van der Waals surface area (Å²) in [4.78, 5) is 5.38. The number of aromatic nitrogens is 1. The maximum Gasteiger partial charge on any atom is 0.0476 e. The fourth-order valence-electron chi connectivity index (χ4n) is 1.66. The Morgan fingerprint density at radius 2 is 2.27 bits per heavy atom. The van der Waals surface area contributed by atoms with Gasteiger partial charge in [-0.15, -0.1) is 11.8 Å². The molecule has 1 aromatic rings. The van der Waals surface area contributed by atoms with Gasteiger partial charge < -0.3 is 10.5 Å². The van der Waals surface area contributed by atoms with Gasteiger partial charge in [-0.05, 0) is 24.5 Å². The van der Waals surface area contributed by atoms with E-state index >= 15 is 0 Å².